The van der Waals surface area contributed by atoms with Crippen LogP contribution in [0, 0.1) is 0 Å². The van der Waals surface area contributed by atoms with Crippen LogP contribution >= 0.6 is 39.7 Å². The van der Waals surface area contributed by atoms with Crippen LogP contribution in [0.1, 0.15) is 18.5 Å². The zero-order valence-corrected chi connectivity index (χ0v) is 16.4. The number of carbonyl (C=O) groups is 1. The van der Waals surface area contributed by atoms with Crippen LogP contribution in [0.4, 0.5) is 5.69 Å². The summed E-state index contributed by atoms with van der Waals surface area (Å²) in [6, 6.07) is 14.4. The summed E-state index contributed by atoms with van der Waals surface area (Å²) in [5, 5.41) is 10.2. The smallest absolute Gasteiger partial charge is 0.255 e. The highest BCUT2D eigenvalue weighted by Crippen LogP contribution is 2.29. The molecule has 1 atom stereocenters. The number of hydrogen-bond acceptors (Lipinski definition) is 2. The number of anilines is 1. The van der Waals surface area contributed by atoms with E-state index >= 15 is 0 Å². The minimum absolute atomic E-state index is 0.202. The Morgan fingerprint density at radius 2 is 1.96 bits per heavy atom. The Morgan fingerprint density at radius 3 is 2.64 bits per heavy atom. The van der Waals surface area contributed by atoms with Crippen molar-refractivity contribution in [1.29, 1.82) is 0 Å². The molecule has 0 saturated heterocycles. The molecule has 1 aliphatic rings. The summed E-state index contributed by atoms with van der Waals surface area (Å²) in [5.41, 5.74) is 2.87. The predicted molar refractivity (Wildman–Crippen MR) is 109 cm³/mol. The van der Waals surface area contributed by atoms with Crippen molar-refractivity contribution >= 4 is 56.5 Å². The largest absolute Gasteiger partial charge is 0.351 e. The topological polar surface area (TPSA) is 53.2 Å². The number of benzene rings is 2. The summed E-state index contributed by atoms with van der Waals surface area (Å²) >= 11 is 14.7. The van der Waals surface area contributed by atoms with Gasteiger partial charge in [-0.15, -0.1) is 0 Å². The molecule has 2 aromatic carbocycles. The standard InChI is InChI=1S/C18H15BrClN3OS/c1-10-15(17(24)22-14-7-5-12(19)6-8-14)16(23-18(25)21-10)11-3-2-4-13(20)9-11/h2-9,16H,1H3,(H,22,24)(H2,21,23,25)/t16-/m1/s1. The van der Waals surface area contributed by atoms with Crippen LogP contribution in [-0.2, 0) is 4.79 Å². The number of hydrogen-bond donors (Lipinski definition) is 3. The molecule has 0 aliphatic carbocycles. The first-order chi connectivity index (χ1) is 11.9. The summed E-state index contributed by atoms with van der Waals surface area (Å²) in [7, 11) is 0. The van der Waals surface area contributed by atoms with Gasteiger partial charge >= 0.3 is 0 Å². The van der Waals surface area contributed by atoms with E-state index in [0.29, 0.717) is 27.1 Å². The fourth-order valence-electron chi connectivity index (χ4n) is 2.66. The summed E-state index contributed by atoms with van der Waals surface area (Å²) in [6.45, 7) is 1.83. The van der Waals surface area contributed by atoms with Crippen LogP contribution in [0.2, 0.25) is 5.02 Å². The van der Waals surface area contributed by atoms with Gasteiger partial charge in [0.05, 0.1) is 11.6 Å². The lowest BCUT2D eigenvalue weighted by atomic mass is 9.95. The SMILES string of the molecule is CC1=C(C(=O)Nc2ccc(Br)cc2)[C@@H](c2cccc(Cl)c2)NC(=S)N1. The van der Waals surface area contributed by atoms with Crippen molar-refractivity contribution in [3.8, 4) is 0 Å². The van der Waals surface area contributed by atoms with Crippen LogP contribution in [0.15, 0.2) is 64.3 Å². The molecule has 2 aromatic rings. The number of allylic oxidation sites excluding steroid dienone is 1. The van der Waals surface area contributed by atoms with E-state index in [4.69, 9.17) is 23.8 Å². The molecule has 0 saturated carbocycles. The third-order valence-corrected chi connectivity index (χ3v) is 4.78. The predicted octanol–water partition coefficient (Wildman–Crippen LogP) is 4.53. The number of amides is 1. The third-order valence-electron chi connectivity index (χ3n) is 3.80. The van der Waals surface area contributed by atoms with E-state index < -0.39 is 0 Å². The summed E-state index contributed by atoms with van der Waals surface area (Å²) in [5.74, 6) is -0.202. The minimum atomic E-state index is -0.372. The van der Waals surface area contributed by atoms with Crippen molar-refractivity contribution in [2.24, 2.45) is 0 Å². The molecule has 1 amide bonds. The quantitative estimate of drug-likeness (QED) is 0.619. The first-order valence-electron chi connectivity index (χ1n) is 7.54. The molecule has 4 nitrogen and oxygen atoms in total. The highest BCUT2D eigenvalue weighted by molar-refractivity contribution is 9.10. The fraction of sp³-hybridized carbons (Fsp3) is 0.111. The second-order valence-corrected chi connectivity index (χ2v) is 7.35. The zero-order valence-electron chi connectivity index (χ0n) is 13.3. The molecular formula is C18H15BrClN3OS. The highest BCUT2D eigenvalue weighted by atomic mass is 79.9. The molecular weight excluding hydrogens is 422 g/mol. The molecule has 25 heavy (non-hydrogen) atoms. The van der Waals surface area contributed by atoms with Gasteiger partial charge < -0.3 is 16.0 Å². The van der Waals surface area contributed by atoms with E-state index in [1.54, 1.807) is 6.07 Å². The van der Waals surface area contributed by atoms with Crippen molar-refractivity contribution in [2.45, 2.75) is 13.0 Å². The number of carbonyl (C=O) groups excluding carboxylic acids is 1. The summed E-state index contributed by atoms with van der Waals surface area (Å²) < 4.78 is 0.948. The molecule has 0 unspecified atom stereocenters. The maximum atomic E-state index is 12.9. The molecule has 7 heteroatoms. The summed E-state index contributed by atoms with van der Waals surface area (Å²) in [6.07, 6.45) is 0. The Labute approximate surface area is 164 Å². The number of rotatable bonds is 3. The van der Waals surface area contributed by atoms with Gasteiger partial charge in [0, 0.05) is 20.9 Å². The monoisotopic (exact) mass is 435 g/mol. The normalized spacial score (nSPS) is 16.9. The zero-order chi connectivity index (χ0) is 18.0. The molecule has 3 rings (SSSR count). The molecule has 0 spiro atoms. The average molecular weight is 437 g/mol. The molecule has 1 heterocycles. The van der Waals surface area contributed by atoms with E-state index in [9.17, 15) is 4.79 Å². The van der Waals surface area contributed by atoms with Gasteiger partial charge in [0.1, 0.15) is 0 Å². The maximum Gasteiger partial charge on any atom is 0.255 e. The van der Waals surface area contributed by atoms with Gasteiger partial charge in [-0.25, -0.2) is 0 Å². The Bertz CT molecular complexity index is 867. The van der Waals surface area contributed by atoms with Crippen molar-refractivity contribution < 1.29 is 4.79 Å². The van der Waals surface area contributed by atoms with Gasteiger partial charge in [-0.1, -0.05) is 39.7 Å². The molecule has 3 N–H and O–H groups in total. The highest BCUT2D eigenvalue weighted by Gasteiger charge is 2.30. The number of thiocarbonyl (C=S) groups is 1. The van der Waals surface area contributed by atoms with E-state index in [0.717, 1.165) is 10.0 Å². The second-order valence-electron chi connectivity index (χ2n) is 5.59. The van der Waals surface area contributed by atoms with E-state index in [1.165, 1.54) is 0 Å². The first kappa shape index (κ1) is 17.9. The van der Waals surface area contributed by atoms with Gasteiger partial charge in [0.25, 0.3) is 5.91 Å². The van der Waals surface area contributed by atoms with Crippen LogP contribution in [0.3, 0.4) is 0 Å². The maximum absolute atomic E-state index is 12.9. The minimum Gasteiger partial charge on any atom is -0.351 e. The Hall–Kier alpha value is -1.89. The lowest BCUT2D eigenvalue weighted by molar-refractivity contribution is -0.113. The number of nitrogens with one attached hydrogen (secondary N) is 3. The van der Waals surface area contributed by atoms with Gasteiger partial charge in [-0.05, 0) is 61.1 Å². The van der Waals surface area contributed by atoms with Gasteiger partial charge in [-0.3, -0.25) is 4.79 Å². The molecule has 0 fully saturated rings. The van der Waals surface area contributed by atoms with E-state index in [2.05, 4.69) is 31.9 Å². The lowest BCUT2D eigenvalue weighted by Crippen LogP contribution is -2.45. The fourth-order valence-corrected chi connectivity index (χ4v) is 3.40. The van der Waals surface area contributed by atoms with E-state index in [1.807, 2.05) is 49.4 Å². The number of halogens is 2. The van der Waals surface area contributed by atoms with Crippen LogP contribution < -0.4 is 16.0 Å². The molecule has 1 aliphatic heterocycles. The molecule has 0 radical (unpaired) electrons. The van der Waals surface area contributed by atoms with Gasteiger partial charge in [0.15, 0.2) is 5.11 Å². The van der Waals surface area contributed by atoms with Gasteiger partial charge in [0.2, 0.25) is 0 Å². The second kappa shape index (κ2) is 7.56. The Kier molecular flexibility index (Phi) is 5.42. The lowest BCUT2D eigenvalue weighted by Gasteiger charge is -2.30. The van der Waals surface area contributed by atoms with Gasteiger partial charge in [-0.2, -0.15) is 0 Å². The Balaban J connectivity index is 1.94. The third kappa shape index (κ3) is 4.21. The van der Waals surface area contributed by atoms with Crippen LogP contribution in [-0.4, -0.2) is 11.0 Å². The van der Waals surface area contributed by atoms with Crippen molar-refractivity contribution in [1.82, 2.24) is 10.6 Å². The molecule has 128 valence electrons. The van der Waals surface area contributed by atoms with Crippen LogP contribution in [0.5, 0.6) is 0 Å². The van der Waals surface area contributed by atoms with E-state index in [-0.39, 0.29) is 11.9 Å². The van der Waals surface area contributed by atoms with Crippen molar-refractivity contribution in [3.63, 3.8) is 0 Å². The first-order valence-corrected chi connectivity index (χ1v) is 9.12. The molecule has 0 aromatic heterocycles. The molecule has 0 bridgehead atoms. The summed E-state index contributed by atoms with van der Waals surface area (Å²) in [4.78, 5) is 12.9. The van der Waals surface area contributed by atoms with Crippen molar-refractivity contribution in [3.05, 3.63) is 74.9 Å². The van der Waals surface area contributed by atoms with Crippen molar-refractivity contribution in [2.75, 3.05) is 5.32 Å². The van der Waals surface area contributed by atoms with Crippen LogP contribution in [0.25, 0.3) is 0 Å². The average Bonchev–Trinajstić information content (AvgIpc) is 2.56. The Morgan fingerprint density at radius 1 is 1.24 bits per heavy atom.